The summed E-state index contributed by atoms with van der Waals surface area (Å²) in [6.45, 7) is 1.31. The Bertz CT molecular complexity index is 762. The highest BCUT2D eigenvalue weighted by Crippen LogP contribution is 2.39. The van der Waals surface area contributed by atoms with Crippen LogP contribution in [0.2, 0.25) is 0 Å². The molecule has 0 bridgehead atoms. The van der Waals surface area contributed by atoms with Crippen molar-refractivity contribution in [2.45, 2.75) is 11.8 Å². The van der Waals surface area contributed by atoms with Crippen molar-refractivity contribution in [3.05, 3.63) is 34.5 Å². The first-order valence-corrected chi connectivity index (χ1v) is 8.07. The van der Waals surface area contributed by atoms with Crippen LogP contribution in [0.15, 0.2) is 34.5 Å². The summed E-state index contributed by atoms with van der Waals surface area (Å²) in [5.41, 5.74) is 0.975. The van der Waals surface area contributed by atoms with Crippen molar-refractivity contribution in [2.24, 2.45) is 5.14 Å². The molecule has 7 heteroatoms. The van der Waals surface area contributed by atoms with Crippen LogP contribution >= 0.6 is 11.3 Å². The van der Waals surface area contributed by atoms with E-state index in [0.29, 0.717) is 16.9 Å². The van der Waals surface area contributed by atoms with Gasteiger partial charge in [-0.2, -0.15) is 0 Å². The largest absolute Gasteiger partial charge is 0.496 e. The van der Waals surface area contributed by atoms with Crippen LogP contribution in [0.1, 0.15) is 16.6 Å². The highest BCUT2D eigenvalue weighted by Gasteiger charge is 2.26. The summed E-state index contributed by atoms with van der Waals surface area (Å²) in [5.74, 6) is 0.186. The summed E-state index contributed by atoms with van der Waals surface area (Å²) >= 11 is 1.06. The molecule has 1 aromatic heterocycles. The van der Waals surface area contributed by atoms with Gasteiger partial charge in [-0.05, 0) is 13.0 Å². The quantitative estimate of drug-likeness (QED) is 0.878. The number of sulfonamides is 1. The number of benzene rings is 1. The van der Waals surface area contributed by atoms with Gasteiger partial charge in [-0.15, -0.1) is 11.3 Å². The number of carbonyl (C=O) groups excluding carboxylic acids is 1. The summed E-state index contributed by atoms with van der Waals surface area (Å²) in [5, 5.41) is 6.86. The monoisotopic (exact) mass is 311 g/mol. The van der Waals surface area contributed by atoms with Gasteiger partial charge in [0.25, 0.3) is 0 Å². The van der Waals surface area contributed by atoms with Crippen LogP contribution in [0.3, 0.4) is 0 Å². The maximum absolute atomic E-state index is 11.8. The lowest BCUT2D eigenvalue weighted by atomic mass is 10.1. The zero-order valence-electron chi connectivity index (χ0n) is 10.9. The molecule has 0 atom stereocenters. The van der Waals surface area contributed by atoms with Crippen molar-refractivity contribution in [3.8, 4) is 16.9 Å². The number of ether oxygens (including phenoxy) is 1. The third-order valence-electron chi connectivity index (χ3n) is 2.75. The van der Waals surface area contributed by atoms with Crippen LogP contribution < -0.4 is 9.88 Å². The van der Waals surface area contributed by atoms with Crippen molar-refractivity contribution >= 4 is 27.1 Å². The second-order valence-electron chi connectivity index (χ2n) is 4.11. The molecule has 2 rings (SSSR count). The molecule has 2 N–H and O–H groups in total. The molecule has 0 spiro atoms. The van der Waals surface area contributed by atoms with Gasteiger partial charge >= 0.3 is 0 Å². The standard InChI is InChI=1S/C13H13NO4S2/c1-8(15)12-13(20(14,16)17)10(7-19-12)9-5-3-4-6-11(9)18-2/h3-7H,1-2H3,(H2,14,16,17). The van der Waals surface area contributed by atoms with Gasteiger partial charge in [-0.1, -0.05) is 18.2 Å². The average Bonchev–Trinajstić information content (AvgIpc) is 2.83. The Labute approximate surface area is 121 Å². The van der Waals surface area contributed by atoms with Crippen molar-refractivity contribution in [1.82, 2.24) is 0 Å². The lowest BCUT2D eigenvalue weighted by molar-refractivity contribution is 0.101. The highest BCUT2D eigenvalue weighted by molar-refractivity contribution is 7.89. The predicted molar refractivity (Wildman–Crippen MR) is 77.7 cm³/mol. The molecule has 0 radical (unpaired) electrons. The molecule has 0 aliphatic carbocycles. The molecule has 20 heavy (non-hydrogen) atoms. The van der Waals surface area contributed by atoms with Crippen molar-refractivity contribution in [3.63, 3.8) is 0 Å². The molecule has 0 unspecified atom stereocenters. The molecule has 0 saturated carbocycles. The first-order valence-electron chi connectivity index (χ1n) is 5.65. The van der Waals surface area contributed by atoms with Crippen molar-refractivity contribution in [2.75, 3.05) is 7.11 Å². The number of para-hydroxylation sites is 1. The fourth-order valence-corrected chi connectivity index (χ4v) is 4.23. The fourth-order valence-electron chi connectivity index (χ4n) is 1.93. The van der Waals surface area contributed by atoms with Crippen LogP contribution in [0, 0.1) is 0 Å². The molecule has 1 aromatic carbocycles. The van der Waals surface area contributed by atoms with Crippen LogP contribution in [0.5, 0.6) is 5.75 Å². The Balaban J connectivity index is 2.79. The molecule has 106 valence electrons. The Morgan fingerprint density at radius 1 is 1.25 bits per heavy atom. The second-order valence-corrected chi connectivity index (χ2v) is 6.49. The van der Waals surface area contributed by atoms with E-state index < -0.39 is 10.0 Å². The number of hydrogen-bond acceptors (Lipinski definition) is 5. The molecule has 2 aromatic rings. The van der Waals surface area contributed by atoms with E-state index in [0.717, 1.165) is 11.3 Å². The van der Waals surface area contributed by atoms with Gasteiger partial charge in [0.05, 0.1) is 12.0 Å². The molecule has 0 aliphatic rings. The summed E-state index contributed by atoms with van der Waals surface area (Å²) < 4.78 is 28.8. The summed E-state index contributed by atoms with van der Waals surface area (Å²) in [4.78, 5) is 11.6. The minimum absolute atomic E-state index is 0.133. The van der Waals surface area contributed by atoms with Crippen LogP contribution in [0.25, 0.3) is 11.1 Å². The van der Waals surface area contributed by atoms with E-state index >= 15 is 0 Å². The molecule has 0 amide bonds. The van der Waals surface area contributed by atoms with Crippen LogP contribution in [0.4, 0.5) is 0 Å². The summed E-state index contributed by atoms with van der Waals surface area (Å²) in [6.07, 6.45) is 0. The Morgan fingerprint density at radius 3 is 2.45 bits per heavy atom. The van der Waals surface area contributed by atoms with E-state index in [-0.39, 0.29) is 15.6 Å². The van der Waals surface area contributed by atoms with Gasteiger partial charge < -0.3 is 4.74 Å². The molecule has 0 saturated heterocycles. The van der Waals surface area contributed by atoms with Gasteiger partial charge in [0, 0.05) is 16.5 Å². The number of methoxy groups -OCH3 is 1. The van der Waals surface area contributed by atoms with Gasteiger partial charge in [0.2, 0.25) is 10.0 Å². The maximum Gasteiger partial charge on any atom is 0.240 e. The number of primary sulfonamides is 1. The number of ketones is 1. The van der Waals surface area contributed by atoms with Gasteiger partial charge in [0.1, 0.15) is 10.6 Å². The number of thiophene rings is 1. The van der Waals surface area contributed by atoms with Crippen LogP contribution in [-0.2, 0) is 10.0 Å². The Morgan fingerprint density at radius 2 is 1.90 bits per heavy atom. The van der Waals surface area contributed by atoms with Gasteiger partial charge in [0.15, 0.2) is 5.78 Å². The lowest BCUT2D eigenvalue weighted by Crippen LogP contribution is -2.15. The number of rotatable bonds is 4. The van der Waals surface area contributed by atoms with E-state index in [9.17, 15) is 13.2 Å². The van der Waals surface area contributed by atoms with E-state index in [2.05, 4.69) is 0 Å². The average molecular weight is 311 g/mol. The topological polar surface area (TPSA) is 86.5 Å². The van der Waals surface area contributed by atoms with E-state index in [1.165, 1.54) is 14.0 Å². The molecular weight excluding hydrogens is 298 g/mol. The van der Waals surface area contributed by atoms with Crippen molar-refractivity contribution in [1.29, 1.82) is 0 Å². The third kappa shape index (κ3) is 2.60. The van der Waals surface area contributed by atoms with Gasteiger partial charge in [-0.25, -0.2) is 13.6 Å². The zero-order chi connectivity index (χ0) is 14.9. The SMILES string of the molecule is COc1ccccc1-c1csc(C(C)=O)c1S(N)(=O)=O. The fraction of sp³-hybridized carbons (Fsp3) is 0.154. The van der Waals surface area contributed by atoms with E-state index in [1.54, 1.807) is 29.6 Å². The predicted octanol–water partition coefficient (Wildman–Crippen LogP) is 2.27. The van der Waals surface area contributed by atoms with Crippen LogP contribution in [-0.4, -0.2) is 21.3 Å². The smallest absolute Gasteiger partial charge is 0.240 e. The Hall–Kier alpha value is -1.70. The second kappa shape index (κ2) is 5.35. The minimum atomic E-state index is -4.00. The molecule has 5 nitrogen and oxygen atoms in total. The third-order valence-corrected chi connectivity index (χ3v) is 4.95. The first kappa shape index (κ1) is 14.7. The van der Waals surface area contributed by atoms with E-state index in [1.807, 2.05) is 0 Å². The molecular formula is C13H13NO4S2. The molecule has 0 fully saturated rings. The number of nitrogens with two attached hydrogens (primary N) is 1. The zero-order valence-corrected chi connectivity index (χ0v) is 12.5. The molecule has 1 heterocycles. The summed E-state index contributed by atoms with van der Waals surface area (Å²) in [7, 11) is -2.51. The number of carbonyl (C=O) groups is 1. The molecule has 0 aliphatic heterocycles. The minimum Gasteiger partial charge on any atom is -0.496 e. The normalized spacial score (nSPS) is 11.3. The first-order chi connectivity index (χ1) is 9.36. The van der Waals surface area contributed by atoms with E-state index in [4.69, 9.17) is 9.88 Å². The number of Topliss-reactive ketones (excluding diaryl/α,β-unsaturated/α-hetero) is 1. The lowest BCUT2D eigenvalue weighted by Gasteiger charge is -2.09. The number of hydrogen-bond donors (Lipinski definition) is 1. The Kier molecular flexibility index (Phi) is 3.94. The maximum atomic E-state index is 11.8. The van der Waals surface area contributed by atoms with Gasteiger partial charge in [-0.3, -0.25) is 4.79 Å². The van der Waals surface area contributed by atoms with Crippen molar-refractivity contribution < 1.29 is 17.9 Å². The highest BCUT2D eigenvalue weighted by atomic mass is 32.2. The summed E-state index contributed by atoms with van der Waals surface area (Å²) in [6, 6.07) is 6.97.